The Morgan fingerprint density at radius 3 is 2.12 bits per heavy atom. The minimum atomic E-state index is -0.303. The summed E-state index contributed by atoms with van der Waals surface area (Å²) in [5.74, 6) is 0.156. The van der Waals surface area contributed by atoms with Gasteiger partial charge < -0.3 is 4.74 Å². The Bertz CT molecular complexity index is 873. The number of benzene rings is 2. The van der Waals surface area contributed by atoms with E-state index in [1.807, 2.05) is 56.3 Å². The van der Waals surface area contributed by atoms with E-state index in [4.69, 9.17) is 4.74 Å². The molecule has 1 aliphatic rings. The van der Waals surface area contributed by atoms with Gasteiger partial charge in [-0.3, -0.25) is 9.59 Å². The van der Waals surface area contributed by atoms with E-state index in [0.29, 0.717) is 16.8 Å². The van der Waals surface area contributed by atoms with E-state index in [2.05, 4.69) is 0 Å². The summed E-state index contributed by atoms with van der Waals surface area (Å²) in [5, 5.41) is 0. The number of imide groups is 1. The maximum Gasteiger partial charge on any atom is 0.266 e. The summed E-state index contributed by atoms with van der Waals surface area (Å²) in [6.45, 7) is 3.69. The molecule has 1 aliphatic heterocycles. The monoisotopic (exact) mass is 333 g/mol. The fourth-order valence-corrected chi connectivity index (χ4v) is 2.84. The molecule has 0 bridgehead atoms. The quantitative estimate of drug-likeness (QED) is 0.630. The first-order valence-electron chi connectivity index (χ1n) is 8.00. The second kappa shape index (κ2) is 6.77. The third-order valence-corrected chi connectivity index (χ3v) is 4.06. The fraction of sp³-hybridized carbons (Fsp3) is 0.143. The number of hydrogen-bond donors (Lipinski definition) is 0. The molecule has 2 aromatic carbocycles. The Labute approximate surface area is 147 Å². The standard InChI is InChI=1S/C21H19NO3/c1-14(2)19-18(13-15-9-11-17(25-3)12-10-15)20(23)22(21(19)24)16-7-5-4-6-8-16/h4-13H,1-3H3/b18-13-. The number of nitrogens with zero attached hydrogens (tertiary/aromatic N) is 1. The van der Waals surface area contributed by atoms with E-state index < -0.39 is 0 Å². The lowest BCUT2D eigenvalue weighted by molar-refractivity contribution is -0.119. The van der Waals surface area contributed by atoms with Crippen molar-refractivity contribution in [3.63, 3.8) is 0 Å². The minimum absolute atomic E-state index is 0.282. The molecule has 0 spiro atoms. The van der Waals surface area contributed by atoms with Gasteiger partial charge in [0.2, 0.25) is 0 Å². The summed E-state index contributed by atoms with van der Waals surface area (Å²) in [4.78, 5) is 27.0. The lowest BCUT2D eigenvalue weighted by atomic mass is 10.0. The first-order chi connectivity index (χ1) is 12.0. The molecule has 0 N–H and O–H groups in total. The largest absolute Gasteiger partial charge is 0.497 e. The SMILES string of the molecule is COc1ccc(/C=C2\C(=O)N(c3ccccc3)C(=O)C2=C(C)C)cc1. The number of carbonyl (C=O) groups excluding carboxylic acids is 2. The molecule has 2 aromatic rings. The lowest BCUT2D eigenvalue weighted by Crippen LogP contribution is -2.29. The van der Waals surface area contributed by atoms with Crippen LogP contribution in [-0.4, -0.2) is 18.9 Å². The van der Waals surface area contributed by atoms with Gasteiger partial charge >= 0.3 is 0 Å². The summed E-state index contributed by atoms with van der Waals surface area (Å²) in [6, 6.07) is 16.4. The second-order valence-electron chi connectivity index (χ2n) is 5.99. The smallest absolute Gasteiger partial charge is 0.266 e. The van der Waals surface area contributed by atoms with Crippen LogP contribution in [0, 0.1) is 0 Å². The molecule has 0 saturated carbocycles. The van der Waals surface area contributed by atoms with Crippen LogP contribution in [0.4, 0.5) is 5.69 Å². The summed E-state index contributed by atoms with van der Waals surface area (Å²) < 4.78 is 5.15. The fourth-order valence-electron chi connectivity index (χ4n) is 2.84. The summed E-state index contributed by atoms with van der Waals surface area (Å²) in [5.41, 5.74) is 3.11. The van der Waals surface area contributed by atoms with E-state index in [0.717, 1.165) is 16.9 Å². The Kier molecular flexibility index (Phi) is 4.52. The average molecular weight is 333 g/mol. The molecule has 3 rings (SSSR count). The van der Waals surface area contributed by atoms with Gasteiger partial charge in [-0.1, -0.05) is 35.9 Å². The van der Waals surface area contributed by atoms with Gasteiger partial charge in [0.05, 0.1) is 23.9 Å². The molecule has 0 unspecified atom stereocenters. The zero-order valence-electron chi connectivity index (χ0n) is 14.4. The van der Waals surface area contributed by atoms with Crippen molar-refractivity contribution >= 4 is 23.6 Å². The summed E-state index contributed by atoms with van der Waals surface area (Å²) >= 11 is 0. The Hall–Kier alpha value is -3.14. The predicted molar refractivity (Wildman–Crippen MR) is 98.3 cm³/mol. The van der Waals surface area contributed by atoms with E-state index in [-0.39, 0.29) is 11.8 Å². The number of hydrogen-bond acceptors (Lipinski definition) is 3. The molecule has 126 valence electrons. The van der Waals surface area contributed by atoms with Crippen LogP contribution >= 0.6 is 0 Å². The number of methoxy groups -OCH3 is 1. The Morgan fingerprint density at radius 2 is 1.56 bits per heavy atom. The molecule has 4 heteroatoms. The van der Waals surface area contributed by atoms with E-state index >= 15 is 0 Å². The van der Waals surface area contributed by atoms with Crippen LogP contribution in [0.25, 0.3) is 6.08 Å². The van der Waals surface area contributed by atoms with E-state index in [1.165, 1.54) is 4.90 Å². The maximum absolute atomic E-state index is 12.9. The van der Waals surface area contributed by atoms with Crippen molar-refractivity contribution in [1.29, 1.82) is 0 Å². The molecule has 0 radical (unpaired) electrons. The van der Waals surface area contributed by atoms with Gasteiger partial charge in [-0.25, -0.2) is 4.90 Å². The Balaban J connectivity index is 2.08. The first-order valence-corrected chi connectivity index (χ1v) is 8.00. The molecule has 1 saturated heterocycles. The molecule has 1 heterocycles. The molecule has 0 aliphatic carbocycles. The highest BCUT2D eigenvalue weighted by Crippen LogP contribution is 2.33. The van der Waals surface area contributed by atoms with Gasteiger partial charge in [0.1, 0.15) is 5.75 Å². The van der Waals surface area contributed by atoms with Crippen molar-refractivity contribution in [2.45, 2.75) is 13.8 Å². The Morgan fingerprint density at radius 1 is 0.920 bits per heavy atom. The van der Waals surface area contributed by atoms with Crippen molar-refractivity contribution in [1.82, 2.24) is 0 Å². The highest BCUT2D eigenvalue weighted by molar-refractivity contribution is 6.38. The van der Waals surface area contributed by atoms with Crippen LogP contribution in [0.15, 0.2) is 71.3 Å². The van der Waals surface area contributed by atoms with Crippen LogP contribution in [-0.2, 0) is 9.59 Å². The number of allylic oxidation sites excluding steroid dienone is 1. The van der Waals surface area contributed by atoms with Gasteiger partial charge in [0.15, 0.2) is 0 Å². The highest BCUT2D eigenvalue weighted by Gasteiger charge is 2.40. The number of ether oxygens (including phenoxy) is 1. The summed E-state index contributed by atoms with van der Waals surface area (Å²) in [7, 11) is 1.60. The highest BCUT2D eigenvalue weighted by atomic mass is 16.5. The molecule has 0 atom stereocenters. The van der Waals surface area contributed by atoms with Gasteiger partial charge in [-0.15, -0.1) is 0 Å². The average Bonchev–Trinajstić information content (AvgIpc) is 2.86. The molecular weight excluding hydrogens is 314 g/mol. The topological polar surface area (TPSA) is 46.6 Å². The zero-order chi connectivity index (χ0) is 18.0. The summed E-state index contributed by atoms with van der Waals surface area (Å²) in [6.07, 6.45) is 1.75. The van der Waals surface area contributed by atoms with Crippen molar-refractivity contribution in [3.05, 3.63) is 76.9 Å². The van der Waals surface area contributed by atoms with Crippen LogP contribution in [0.2, 0.25) is 0 Å². The van der Waals surface area contributed by atoms with Gasteiger partial charge in [0, 0.05) is 0 Å². The molecule has 2 amide bonds. The van der Waals surface area contributed by atoms with Crippen LogP contribution < -0.4 is 9.64 Å². The number of para-hydroxylation sites is 1. The van der Waals surface area contributed by atoms with Crippen molar-refractivity contribution in [2.75, 3.05) is 12.0 Å². The zero-order valence-corrected chi connectivity index (χ0v) is 14.4. The number of carbonyl (C=O) groups is 2. The predicted octanol–water partition coefficient (Wildman–Crippen LogP) is 3.99. The van der Waals surface area contributed by atoms with E-state index in [9.17, 15) is 9.59 Å². The molecule has 1 fully saturated rings. The molecule has 4 nitrogen and oxygen atoms in total. The van der Waals surface area contributed by atoms with Crippen LogP contribution in [0.3, 0.4) is 0 Å². The number of anilines is 1. The second-order valence-corrected chi connectivity index (χ2v) is 5.99. The van der Waals surface area contributed by atoms with Crippen molar-refractivity contribution in [2.24, 2.45) is 0 Å². The lowest BCUT2D eigenvalue weighted by Gasteiger charge is -2.12. The van der Waals surface area contributed by atoms with Crippen LogP contribution in [0.1, 0.15) is 19.4 Å². The molecular formula is C21H19NO3. The maximum atomic E-state index is 12.9. The van der Waals surface area contributed by atoms with Crippen LogP contribution in [0.5, 0.6) is 5.75 Å². The molecule has 25 heavy (non-hydrogen) atoms. The first kappa shape index (κ1) is 16.7. The minimum Gasteiger partial charge on any atom is -0.497 e. The van der Waals surface area contributed by atoms with Crippen molar-refractivity contribution in [3.8, 4) is 5.75 Å². The number of amides is 2. The van der Waals surface area contributed by atoms with Gasteiger partial charge in [0.25, 0.3) is 11.8 Å². The van der Waals surface area contributed by atoms with Crippen molar-refractivity contribution < 1.29 is 14.3 Å². The number of rotatable bonds is 3. The van der Waals surface area contributed by atoms with E-state index in [1.54, 1.807) is 25.3 Å². The van der Waals surface area contributed by atoms with Gasteiger partial charge in [-0.2, -0.15) is 0 Å². The third-order valence-electron chi connectivity index (χ3n) is 4.06. The molecule has 0 aromatic heterocycles. The third kappa shape index (κ3) is 3.11. The normalized spacial score (nSPS) is 15.9. The van der Waals surface area contributed by atoms with Gasteiger partial charge in [-0.05, 0) is 49.8 Å².